The Morgan fingerprint density at radius 1 is 1.00 bits per heavy atom. The SMILES string of the molecule is CCCC=C(CCN)[Si](OCC)(OCC)OCC. The quantitative estimate of drug-likeness (QED) is 0.589. The van der Waals surface area contributed by atoms with Crippen LogP contribution in [0.2, 0.25) is 0 Å². The van der Waals surface area contributed by atoms with Crippen molar-refractivity contribution in [2.75, 3.05) is 26.4 Å². The Balaban J connectivity index is 5.13. The van der Waals surface area contributed by atoms with Crippen LogP contribution in [0.3, 0.4) is 0 Å². The van der Waals surface area contributed by atoms with Crippen LogP contribution >= 0.6 is 0 Å². The van der Waals surface area contributed by atoms with E-state index in [9.17, 15) is 0 Å². The van der Waals surface area contributed by atoms with Gasteiger partial charge in [0.05, 0.1) is 0 Å². The monoisotopic (exact) mass is 275 g/mol. The van der Waals surface area contributed by atoms with Gasteiger partial charge in [-0.25, -0.2) is 0 Å². The molecule has 0 aliphatic carbocycles. The molecule has 18 heavy (non-hydrogen) atoms. The lowest BCUT2D eigenvalue weighted by Gasteiger charge is -2.30. The fraction of sp³-hybridized carbons (Fsp3) is 0.846. The molecule has 0 aliphatic heterocycles. The first-order chi connectivity index (χ1) is 8.70. The van der Waals surface area contributed by atoms with Gasteiger partial charge in [0.15, 0.2) is 0 Å². The Morgan fingerprint density at radius 2 is 1.50 bits per heavy atom. The topological polar surface area (TPSA) is 53.7 Å². The highest BCUT2D eigenvalue weighted by Crippen LogP contribution is 2.23. The van der Waals surface area contributed by atoms with Gasteiger partial charge in [-0.05, 0) is 45.4 Å². The molecule has 0 bridgehead atoms. The summed E-state index contributed by atoms with van der Waals surface area (Å²) in [6.07, 6.45) is 5.09. The van der Waals surface area contributed by atoms with E-state index in [1.165, 1.54) is 0 Å². The van der Waals surface area contributed by atoms with Crippen LogP contribution in [0.25, 0.3) is 0 Å². The summed E-state index contributed by atoms with van der Waals surface area (Å²) in [4.78, 5) is 0. The molecular weight excluding hydrogens is 246 g/mol. The van der Waals surface area contributed by atoms with Crippen molar-refractivity contribution in [1.82, 2.24) is 0 Å². The smallest absolute Gasteiger partial charge is 0.370 e. The summed E-state index contributed by atoms with van der Waals surface area (Å²) < 4.78 is 17.7. The summed E-state index contributed by atoms with van der Waals surface area (Å²) in [5.74, 6) is 0. The standard InChI is InChI=1S/C13H29NO3Si/c1-5-9-10-13(11-12-14)18(15-6-2,16-7-3)17-8-4/h10H,5-9,11-12,14H2,1-4H3. The van der Waals surface area contributed by atoms with Crippen molar-refractivity contribution in [3.05, 3.63) is 11.3 Å². The van der Waals surface area contributed by atoms with Gasteiger partial charge in [0.2, 0.25) is 0 Å². The van der Waals surface area contributed by atoms with E-state index in [-0.39, 0.29) is 0 Å². The van der Waals surface area contributed by atoms with Gasteiger partial charge in [0.1, 0.15) is 0 Å². The van der Waals surface area contributed by atoms with Gasteiger partial charge in [-0.1, -0.05) is 19.4 Å². The molecule has 0 aromatic carbocycles. The van der Waals surface area contributed by atoms with Crippen LogP contribution < -0.4 is 5.73 Å². The third-order valence-corrected chi connectivity index (χ3v) is 5.74. The summed E-state index contributed by atoms with van der Waals surface area (Å²) in [6, 6.07) is 0. The van der Waals surface area contributed by atoms with Crippen molar-refractivity contribution in [2.24, 2.45) is 5.73 Å². The summed E-state index contributed by atoms with van der Waals surface area (Å²) in [5.41, 5.74) is 5.70. The first-order valence-corrected chi connectivity index (χ1v) is 8.74. The molecule has 2 N–H and O–H groups in total. The summed E-state index contributed by atoms with van der Waals surface area (Å²) >= 11 is 0. The zero-order chi connectivity index (χ0) is 13.9. The molecule has 0 aromatic rings. The Bertz CT molecular complexity index is 217. The Morgan fingerprint density at radius 3 is 1.83 bits per heavy atom. The van der Waals surface area contributed by atoms with Crippen LogP contribution in [-0.4, -0.2) is 35.2 Å². The second kappa shape index (κ2) is 10.7. The van der Waals surface area contributed by atoms with E-state index in [4.69, 9.17) is 19.0 Å². The van der Waals surface area contributed by atoms with Gasteiger partial charge in [0.25, 0.3) is 0 Å². The van der Waals surface area contributed by atoms with E-state index in [2.05, 4.69) is 13.0 Å². The highest BCUT2D eigenvalue weighted by atomic mass is 28.4. The number of unbranched alkanes of at least 4 members (excludes halogenated alkanes) is 1. The van der Waals surface area contributed by atoms with Crippen LogP contribution in [0.5, 0.6) is 0 Å². The highest BCUT2D eigenvalue weighted by molar-refractivity contribution is 6.68. The number of rotatable bonds is 11. The maximum absolute atomic E-state index is 5.89. The second-order valence-corrected chi connectivity index (χ2v) is 6.53. The molecule has 0 aromatic heterocycles. The maximum atomic E-state index is 5.89. The van der Waals surface area contributed by atoms with Gasteiger partial charge in [-0.15, -0.1) is 0 Å². The number of hydrogen-bond acceptors (Lipinski definition) is 4. The Kier molecular flexibility index (Phi) is 10.6. The lowest BCUT2D eigenvalue weighted by molar-refractivity contribution is 0.0797. The van der Waals surface area contributed by atoms with Gasteiger partial charge in [-0.3, -0.25) is 0 Å². The molecule has 0 atom stereocenters. The lowest BCUT2D eigenvalue weighted by atomic mass is 10.3. The van der Waals surface area contributed by atoms with E-state index >= 15 is 0 Å². The minimum absolute atomic E-state index is 0.595. The molecule has 4 nitrogen and oxygen atoms in total. The summed E-state index contributed by atoms with van der Waals surface area (Å²) in [6.45, 7) is 10.5. The fourth-order valence-corrected chi connectivity index (χ4v) is 4.62. The largest absolute Gasteiger partial charge is 0.532 e. The molecule has 0 spiro atoms. The van der Waals surface area contributed by atoms with Crippen LogP contribution in [0.4, 0.5) is 0 Å². The Labute approximate surface area is 113 Å². The van der Waals surface area contributed by atoms with E-state index in [1.807, 2.05) is 20.8 Å². The van der Waals surface area contributed by atoms with Crippen molar-refractivity contribution in [3.8, 4) is 0 Å². The van der Waals surface area contributed by atoms with Crippen molar-refractivity contribution in [1.29, 1.82) is 0 Å². The third-order valence-electron chi connectivity index (χ3n) is 2.49. The number of nitrogens with two attached hydrogens (primary N) is 1. The van der Waals surface area contributed by atoms with Crippen molar-refractivity contribution < 1.29 is 13.3 Å². The van der Waals surface area contributed by atoms with E-state index in [0.717, 1.165) is 24.5 Å². The zero-order valence-corrected chi connectivity index (χ0v) is 13.3. The predicted octanol–water partition coefficient (Wildman–Crippen LogP) is 2.65. The molecule has 0 radical (unpaired) electrons. The first-order valence-electron chi connectivity index (χ1n) is 7.02. The predicted molar refractivity (Wildman–Crippen MR) is 77.3 cm³/mol. The van der Waals surface area contributed by atoms with E-state index in [1.54, 1.807) is 0 Å². The number of hydrogen-bond donors (Lipinski definition) is 1. The molecule has 0 saturated carbocycles. The average Bonchev–Trinajstić information content (AvgIpc) is 2.35. The molecule has 0 rings (SSSR count). The molecule has 108 valence electrons. The van der Waals surface area contributed by atoms with Crippen molar-refractivity contribution in [3.63, 3.8) is 0 Å². The highest BCUT2D eigenvalue weighted by Gasteiger charge is 2.44. The number of allylic oxidation sites excluding steroid dienone is 1. The minimum atomic E-state index is -2.70. The van der Waals surface area contributed by atoms with Gasteiger partial charge in [-0.2, -0.15) is 0 Å². The van der Waals surface area contributed by atoms with Crippen LogP contribution in [0.1, 0.15) is 47.0 Å². The van der Waals surface area contributed by atoms with Gasteiger partial charge in [0, 0.05) is 19.8 Å². The normalized spacial score (nSPS) is 13.1. The molecule has 0 aliphatic rings. The van der Waals surface area contributed by atoms with Crippen LogP contribution in [0, 0.1) is 0 Å². The third kappa shape index (κ3) is 5.62. The maximum Gasteiger partial charge on any atom is 0.532 e. The minimum Gasteiger partial charge on any atom is -0.370 e. The molecule has 0 unspecified atom stereocenters. The van der Waals surface area contributed by atoms with Crippen LogP contribution in [0.15, 0.2) is 11.3 Å². The van der Waals surface area contributed by atoms with Gasteiger partial charge >= 0.3 is 8.80 Å². The summed E-state index contributed by atoms with van der Waals surface area (Å²) in [7, 11) is -2.70. The molecule has 0 saturated heterocycles. The second-order valence-electron chi connectivity index (χ2n) is 3.91. The summed E-state index contributed by atoms with van der Waals surface area (Å²) in [5, 5.41) is 1.14. The molecular formula is C13H29NO3Si. The Hall–Kier alpha value is -0.203. The average molecular weight is 275 g/mol. The molecule has 0 amide bonds. The lowest BCUT2D eigenvalue weighted by Crippen LogP contribution is -2.49. The van der Waals surface area contributed by atoms with E-state index < -0.39 is 8.80 Å². The van der Waals surface area contributed by atoms with Gasteiger partial charge < -0.3 is 19.0 Å². The zero-order valence-electron chi connectivity index (χ0n) is 12.3. The fourth-order valence-electron chi connectivity index (χ4n) is 1.83. The van der Waals surface area contributed by atoms with E-state index in [0.29, 0.717) is 26.4 Å². The molecule has 5 heteroatoms. The molecule has 0 heterocycles. The molecule has 0 fully saturated rings. The van der Waals surface area contributed by atoms with Crippen molar-refractivity contribution in [2.45, 2.75) is 47.0 Å². The van der Waals surface area contributed by atoms with Crippen molar-refractivity contribution >= 4 is 8.80 Å². The first kappa shape index (κ1) is 17.8. The van der Waals surface area contributed by atoms with Crippen LogP contribution in [-0.2, 0) is 13.3 Å².